The Morgan fingerprint density at radius 3 is 2.62 bits per heavy atom. The Morgan fingerprint density at radius 2 is 2.14 bits per heavy atom. The molecule has 0 fully saturated rings. The summed E-state index contributed by atoms with van der Waals surface area (Å²) in [6.45, 7) is 1.83. The van der Waals surface area contributed by atoms with E-state index in [1.807, 2.05) is 24.4 Å². The van der Waals surface area contributed by atoms with Gasteiger partial charge >= 0.3 is 18.0 Å². The van der Waals surface area contributed by atoms with Crippen LogP contribution in [0.4, 0.5) is 4.79 Å². The van der Waals surface area contributed by atoms with Crippen LogP contribution in [0.1, 0.15) is 24.3 Å². The van der Waals surface area contributed by atoms with Crippen molar-refractivity contribution in [2.24, 2.45) is 0 Å². The van der Waals surface area contributed by atoms with Gasteiger partial charge in [-0.2, -0.15) is 0 Å². The van der Waals surface area contributed by atoms with Crippen molar-refractivity contribution < 1.29 is 24.2 Å². The molecule has 116 valence electrons. The van der Waals surface area contributed by atoms with Crippen molar-refractivity contribution in [1.29, 1.82) is 0 Å². The van der Waals surface area contributed by atoms with Gasteiger partial charge in [-0.15, -0.1) is 11.3 Å². The molecule has 2 N–H and O–H groups in total. The summed E-state index contributed by atoms with van der Waals surface area (Å²) in [6, 6.07) is 1.69. The maximum absolute atomic E-state index is 12.1. The van der Waals surface area contributed by atoms with Crippen LogP contribution in [0, 0.1) is 0 Å². The number of aliphatic carboxylic acids is 1. The fraction of sp³-hybridized carbons (Fsp3) is 0.462. The number of urea groups is 1. The third-order valence-corrected chi connectivity index (χ3v) is 4.09. The van der Waals surface area contributed by atoms with E-state index in [2.05, 4.69) is 10.1 Å². The van der Waals surface area contributed by atoms with Crippen LogP contribution >= 0.6 is 11.3 Å². The molecule has 0 aliphatic rings. The number of amides is 2. The van der Waals surface area contributed by atoms with Gasteiger partial charge in [0.05, 0.1) is 19.6 Å². The summed E-state index contributed by atoms with van der Waals surface area (Å²) in [5, 5.41) is 13.2. The molecule has 0 bridgehead atoms. The number of methoxy groups -OCH3 is 1. The van der Waals surface area contributed by atoms with E-state index in [1.54, 1.807) is 7.05 Å². The standard InChI is InChI=1S/C13H18N2O5S/c1-8(10-5-4-6-21-10)15(2)13(19)14-9(12(17)18)7-11(16)20-3/h4-6,8-9H,7H2,1-3H3,(H,14,19)(H,17,18)/t8?,9-/m0/s1. The summed E-state index contributed by atoms with van der Waals surface area (Å²) in [5.74, 6) is -1.98. The number of carboxylic acid groups (broad SMARTS) is 1. The second-order valence-corrected chi connectivity index (χ2v) is 5.40. The summed E-state index contributed by atoms with van der Waals surface area (Å²) >= 11 is 1.50. The molecule has 7 nitrogen and oxygen atoms in total. The minimum absolute atomic E-state index is 0.197. The Hall–Kier alpha value is -2.09. The highest BCUT2D eigenvalue weighted by atomic mass is 32.1. The lowest BCUT2D eigenvalue weighted by Crippen LogP contribution is -2.48. The Morgan fingerprint density at radius 1 is 1.48 bits per heavy atom. The lowest BCUT2D eigenvalue weighted by atomic mass is 10.2. The predicted octanol–water partition coefficient (Wildman–Crippen LogP) is 1.47. The zero-order chi connectivity index (χ0) is 16.0. The molecule has 8 heteroatoms. The largest absolute Gasteiger partial charge is 0.480 e. The monoisotopic (exact) mass is 314 g/mol. The Labute approximate surface area is 126 Å². The second-order valence-electron chi connectivity index (χ2n) is 4.42. The van der Waals surface area contributed by atoms with E-state index in [9.17, 15) is 14.4 Å². The fourth-order valence-electron chi connectivity index (χ4n) is 1.60. The average molecular weight is 314 g/mol. The molecule has 1 aromatic rings. The Bertz CT molecular complexity index is 503. The number of ether oxygens (including phenoxy) is 1. The number of nitrogens with one attached hydrogen (secondary N) is 1. The molecular formula is C13H18N2O5S. The SMILES string of the molecule is COC(=O)C[C@H](NC(=O)N(C)C(C)c1cccs1)C(=O)O. The van der Waals surface area contributed by atoms with E-state index >= 15 is 0 Å². The molecule has 1 heterocycles. The van der Waals surface area contributed by atoms with Crippen LogP contribution < -0.4 is 5.32 Å². The van der Waals surface area contributed by atoms with Crippen molar-refractivity contribution in [1.82, 2.24) is 10.2 Å². The van der Waals surface area contributed by atoms with Crippen LogP contribution in [0.15, 0.2) is 17.5 Å². The number of hydrogen-bond acceptors (Lipinski definition) is 5. The number of esters is 1. The summed E-state index contributed by atoms with van der Waals surface area (Å²) < 4.78 is 4.41. The Kier molecular flexibility index (Phi) is 6.16. The number of nitrogens with zero attached hydrogens (tertiary/aromatic N) is 1. The first-order valence-electron chi connectivity index (χ1n) is 6.23. The minimum atomic E-state index is -1.32. The molecular weight excluding hydrogens is 296 g/mol. The minimum Gasteiger partial charge on any atom is -0.480 e. The van der Waals surface area contributed by atoms with Crippen molar-refractivity contribution in [2.75, 3.05) is 14.2 Å². The first-order valence-corrected chi connectivity index (χ1v) is 7.11. The topological polar surface area (TPSA) is 95.9 Å². The van der Waals surface area contributed by atoms with Gasteiger partial charge in [-0.25, -0.2) is 9.59 Å². The van der Waals surface area contributed by atoms with Crippen LogP contribution in [-0.4, -0.2) is 48.2 Å². The van der Waals surface area contributed by atoms with Crippen molar-refractivity contribution in [3.8, 4) is 0 Å². The molecule has 0 radical (unpaired) electrons. The van der Waals surface area contributed by atoms with E-state index in [-0.39, 0.29) is 6.04 Å². The maximum atomic E-state index is 12.1. The van der Waals surface area contributed by atoms with Crippen molar-refractivity contribution in [2.45, 2.75) is 25.4 Å². The van der Waals surface area contributed by atoms with Gasteiger partial charge in [-0.3, -0.25) is 4.79 Å². The van der Waals surface area contributed by atoms with Crippen molar-refractivity contribution >= 4 is 29.3 Å². The molecule has 0 saturated heterocycles. The number of hydrogen-bond donors (Lipinski definition) is 2. The lowest BCUT2D eigenvalue weighted by Gasteiger charge is -2.26. The molecule has 0 saturated carbocycles. The third-order valence-electron chi connectivity index (χ3n) is 3.05. The highest BCUT2D eigenvalue weighted by molar-refractivity contribution is 7.10. The molecule has 1 aromatic heterocycles. The summed E-state index contributed by atoms with van der Waals surface area (Å²) in [7, 11) is 2.73. The zero-order valence-electron chi connectivity index (χ0n) is 12.0. The molecule has 21 heavy (non-hydrogen) atoms. The summed E-state index contributed by atoms with van der Waals surface area (Å²) in [4.78, 5) is 36.7. The molecule has 0 aliphatic heterocycles. The molecule has 1 unspecified atom stereocenters. The van der Waals surface area contributed by atoms with Gasteiger partial charge in [-0.1, -0.05) is 6.07 Å². The highest BCUT2D eigenvalue weighted by Gasteiger charge is 2.27. The zero-order valence-corrected chi connectivity index (χ0v) is 12.8. The number of carbonyl (C=O) groups is 3. The highest BCUT2D eigenvalue weighted by Crippen LogP contribution is 2.23. The number of thiophene rings is 1. The van der Waals surface area contributed by atoms with Crippen LogP contribution in [0.5, 0.6) is 0 Å². The smallest absolute Gasteiger partial charge is 0.326 e. The predicted molar refractivity (Wildman–Crippen MR) is 77.1 cm³/mol. The van der Waals surface area contributed by atoms with E-state index in [0.29, 0.717) is 0 Å². The summed E-state index contributed by atoms with van der Waals surface area (Å²) in [5.41, 5.74) is 0. The van der Waals surface area contributed by atoms with Crippen LogP contribution in [0.3, 0.4) is 0 Å². The normalized spacial score (nSPS) is 13.1. The molecule has 2 atom stereocenters. The van der Waals surface area contributed by atoms with Gasteiger partial charge in [0.15, 0.2) is 0 Å². The third kappa shape index (κ3) is 4.75. The number of carbonyl (C=O) groups excluding carboxylic acids is 2. The fourth-order valence-corrected chi connectivity index (χ4v) is 2.42. The van der Waals surface area contributed by atoms with Gasteiger partial charge < -0.3 is 20.1 Å². The number of carboxylic acids is 1. The van der Waals surface area contributed by atoms with Crippen molar-refractivity contribution in [3.05, 3.63) is 22.4 Å². The van der Waals surface area contributed by atoms with Gasteiger partial charge in [0.2, 0.25) is 0 Å². The number of rotatable bonds is 6. The molecule has 0 spiro atoms. The van der Waals surface area contributed by atoms with Crippen LogP contribution in [0.25, 0.3) is 0 Å². The van der Waals surface area contributed by atoms with Gasteiger partial charge in [0.1, 0.15) is 6.04 Å². The lowest BCUT2D eigenvalue weighted by molar-refractivity contribution is -0.147. The summed E-state index contributed by atoms with van der Waals surface area (Å²) in [6.07, 6.45) is -0.418. The second kappa shape index (κ2) is 7.63. The Balaban J connectivity index is 2.68. The van der Waals surface area contributed by atoms with E-state index in [4.69, 9.17) is 5.11 Å². The molecule has 0 aromatic carbocycles. The quantitative estimate of drug-likeness (QED) is 0.775. The molecule has 1 rings (SSSR count). The van der Waals surface area contributed by atoms with Gasteiger partial charge in [0, 0.05) is 11.9 Å². The van der Waals surface area contributed by atoms with E-state index in [1.165, 1.54) is 16.2 Å². The van der Waals surface area contributed by atoms with Crippen molar-refractivity contribution in [3.63, 3.8) is 0 Å². The first kappa shape index (κ1) is 17.0. The van der Waals surface area contributed by atoms with Gasteiger partial charge in [0.25, 0.3) is 0 Å². The van der Waals surface area contributed by atoms with E-state index < -0.39 is 30.4 Å². The average Bonchev–Trinajstić information content (AvgIpc) is 2.98. The molecule has 2 amide bonds. The maximum Gasteiger partial charge on any atom is 0.326 e. The van der Waals surface area contributed by atoms with Crippen LogP contribution in [-0.2, 0) is 14.3 Å². The van der Waals surface area contributed by atoms with Gasteiger partial charge in [-0.05, 0) is 18.4 Å². The first-order chi connectivity index (χ1) is 9.86. The molecule has 0 aliphatic carbocycles. The van der Waals surface area contributed by atoms with Crippen LogP contribution in [0.2, 0.25) is 0 Å². The van der Waals surface area contributed by atoms with E-state index in [0.717, 1.165) is 12.0 Å².